The summed E-state index contributed by atoms with van der Waals surface area (Å²) < 4.78 is 16.3. The number of ether oxygens (including phenoxy) is 1. The molecule has 48 heavy (non-hydrogen) atoms. The minimum atomic E-state index is -0.183. The van der Waals surface area contributed by atoms with Crippen molar-refractivity contribution in [2.45, 2.75) is 58.8 Å². The maximum atomic E-state index is 14.9. The first-order valence-corrected chi connectivity index (χ1v) is 17.9. The molecule has 242 valence electrons. The molecule has 0 aliphatic rings. The maximum Gasteiger partial charge on any atom is 0.267 e. The Bertz CT molecular complexity index is 2520. The first-order valence-electron chi connectivity index (χ1n) is 17.1. The summed E-state index contributed by atoms with van der Waals surface area (Å²) in [5.74, 6) is 1.71. The second-order valence-electron chi connectivity index (χ2n) is 13.1. The topological polar surface area (TPSA) is 65.3 Å². The lowest BCUT2D eigenvalue weighted by atomic mass is 9.99. The van der Waals surface area contributed by atoms with E-state index in [1.54, 1.807) is 20.9 Å². The standard InChI is InChI=1S/C41H37BrN2O4/c1-3-4-5-6-7-8-13-25(2)24-47-27-20-18-26(19-21-27)34-35-28-14-9-11-16-30(28)44-38(35)39-36(37(41(44)46)32-22-23-33(42)48-32)29-15-10-12-17-31(29)43(39)40(34)45/h9-12,14-23,25H,3-8,13,24H2,1-2H3. The van der Waals surface area contributed by atoms with Crippen LogP contribution >= 0.6 is 15.9 Å². The lowest BCUT2D eigenvalue weighted by molar-refractivity contribution is 0.249. The van der Waals surface area contributed by atoms with E-state index in [2.05, 4.69) is 29.8 Å². The Hall–Kier alpha value is -4.62. The van der Waals surface area contributed by atoms with E-state index in [9.17, 15) is 9.59 Å². The van der Waals surface area contributed by atoms with Crippen molar-refractivity contribution in [2.24, 2.45) is 5.92 Å². The van der Waals surface area contributed by atoms with E-state index in [-0.39, 0.29) is 11.1 Å². The van der Waals surface area contributed by atoms with Crippen molar-refractivity contribution in [3.8, 4) is 28.2 Å². The summed E-state index contributed by atoms with van der Waals surface area (Å²) in [6.07, 6.45) is 8.94. The van der Waals surface area contributed by atoms with Crippen molar-refractivity contribution in [2.75, 3.05) is 6.61 Å². The number of fused-ring (bicyclic) bond motifs is 6. The van der Waals surface area contributed by atoms with Crippen LogP contribution in [-0.2, 0) is 0 Å². The van der Waals surface area contributed by atoms with E-state index in [1.165, 1.54) is 38.5 Å². The molecule has 0 saturated carbocycles. The Morgan fingerprint density at radius 2 is 1.29 bits per heavy atom. The molecule has 1 atom stereocenters. The van der Waals surface area contributed by atoms with Crippen LogP contribution in [0.3, 0.4) is 0 Å². The second kappa shape index (κ2) is 12.4. The van der Waals surface area contributed by atoms with Crippen molar-refractivity contribution in [3.05, 3.63) is 110 Å². The number of furan rings is 1. The number of benzene rings is 3. The fraction of sp³-hybridized carbons (Fsp3) is 0.268. The average molecular weight is 702 g/mol. The predicted molar refractivity (Wildman–Crippen MR) is 199 cm³/mol. The molecule has 0 saturated heterocycles. The van der Waals surface area contributed by atoms with Crippen molar-refractivity contribution in [3.63, 3.8) is 0 Å². The van der Waals surface area contributed by atoms with Gasteiger partial charge in [-0.1, -0.05) is 101 Å². The van der Waals surface area contributed by atoms with Crippen LogP contribution in [0.2, 0.25) is 0 Å². The summed E-state index contributed by atoms with van der Waals surface area (Å²) >= 11 is 3.42. The van der Waals surface area contributed by atoms with Crippen LogP contribution in [0, 0.1) is 5.92 Å². The molecule has 1 unspecified atom stereocenters. The molecular formula is C41H37BrN2O4. The van der Waals surface area contributed by atoms with Crippen LogP contribution in [-0.4, -0.2) is 15.4 Å². The van der Waals surface area contributed by atoms with E-state index in [0.717, 1.165) is 61.3 Å². The Kier molecular flexibility index (Phi) is 7.95. The highest BCUT2D eigenvalue weighted by molar-refractivity contribution is 9.10. The van der Waals surface area contributed by atoms with Crippen molar-refractivity contribution in [1.29, 1.82) is 0 Å². The molecule has 0 spiro atoms. The molecule has 0 aliphatic carbocycles. The van der Waals surface area contributed by atoms with Gasteiger partial charge in [0, 0.05) is 21.5 Å². The first kappa shape index (κ1) is 30.7. The SMILES string of the molecule is CCCCCCCCC(C)COc1ccc(-c2c(=O)n3c4ccccc4c4c(-c5ccc(Br)o5)c(=O)n5c6ccccc6c2c5c43)cc1. The Morgan fingerprint density at radius 3 is 1.92 bits per heavy atom. The highest BCUT2D eigenvalue weighted by Crippen LogP contribution is 2.44. The molecule has 0 aliphatic heterocycles. The Balaban J connectivity index is 1.27. The molecule has 8 rings (SSSR count). The highest BCUT2D eigenvalue weighted by Gasteiger charge is 2.30. The van der Waals surface area contributed by atoms with Gasteiger partial charge in [0.15, 0.2) is 4.67 Å². The minimum Gasteiger partial charge on any atom is -0.493 e. The normalized spacial score (nSPS) is 12.8. The van der Waals surface area contributed by atoms with Crippen molar-refractivity contribution >= 4 is 59.5 Å². The Labute approximate surface area is 286 Å². The highest BCUT2D eigenvalue weighted by atomic mass is 79.9. The number of para-hydroxylation sites is 2. The molecule has 8 aromatic rings. The van der Waals surface area contributed by atoms with Gasteiger partial charge in [0.2, 0.25) is 0 Å². The number of hydrogen-bond donors (Lipinski definition) is 0. The van der Waals surface area contributed by atoms with Crippen LogP contribution < -0.4 is 15.9 Å². The number of halogens is 1. The fourth-order valence-corrected chi connectivity index (χ4v) is 7.86. The first-order chi connectivity index (χ1) is 23.5. The molecule has 6 nitrogen and oxygen atoms in total. The molecule has 0 bridgehead atoms. The third kappa shape index (κ3) is 4.90. The van der Waals surface area contributed by atoms with Crippen LogP contribution in [0.4, 0.5) is 0 Å². The van der Waals surface area contributed by atoms with Gasteiger partial charge in [0.1, 0.15) is 11.5 Å². The number of unbranched alkanes of at least 4 members (excludes halogenated alkanes) is 5. The van der Waals surface area contributed by atoms with E-state index >= 15 is 0 Å². The molecule has 0 amide bonds. The molecule has 7 heteroatoms. The van der Waals surface area contributed by atoms with Crippen molar-refractivity contribution < 1.29 is 9.15 Å². The largest absolute Gasteiger partial charge is 0.493 e. The van der Waals surface area contributed by atoms with Gasteiger partial charge in [-0.05, 0) is 70.2 Å². The van der Waals surface area contributed by atoms with Gasteiger partial charge < -0.3 is 9.15 Å². The molecule has 5 heterocycles. The number of nitrogens with zero attached hydrogens (tertiary/aromatic N) is 2. The minimum absolute atomic E-state index is 0.126. The molecule has 0 N–H and O–H groups in total. The van der Waals surface area contributed by atoms with E-state index in [4.69, 9.17) is 9.15 Å². The van der Waals surface area contributed by atoms with Gasteiger partial charge in [-0.2, -0.15) is 0 Å². The number of rotatable bonds is 12. The third-order valence-electron chi connectivity index (χ3n) is 9.86. The van der Waals surface area contributed by atoms with Crippen molar-refractivity contribution in [1.82, 2.24) is 8.80 Å². The van der Waals surface area contributed by atoms with Gasteiger partial charge in [-0.25, -0.2) is 0 Å². The van der Waals surface area contributed by atoms with E-state index < -0.39 is 0 Å². The third-order valence-corrected chi connectivity index (χ3v) is 10.3. The van der Waals surface area contributed by atoms with Crippen LogP contribution in [0.15, 0.2) is 104 Å². The zero-order chi connectivity index (χ0) is 32.9. The summed E-state index contributed by atoms with van der Waals surface area (Å²) in [7, 11) is 0. The monoisotopic (exact) mass is 700 g/mol. The summed E-state index contributed by atoms with van der Waals surface area (Å²) in [6, 6.07) is 27.1. The van der Waals surface area contributed by atoms with Gasteiger partial charge in [0.25, 0.3) is 11.1 Å². The van der Waals surface area contributed by atoms with Gasteiger partial charge in [-0.3, -0.25) is 18.4 Å². The molecule has 5 aromatic heterocycles. The average Bonchev–Trinajstić information content (AvgIpc) is 3.79. The molecule has 0 radical (unpaired) electrons. The zero-order valence-corrected chi connectivity index (χ0v) is 28.8. The second-order valence-corrected chi connectivity index (χ2v) is 13.9. The lowest BCUT2D eigenvalue weighted by Crippen LogP contribution is -2.19. The summed E-state index contributed by atoms with van der Waals surface area (Å²) in [4.78, 5) is 29.5. The summed E-state index contributed by atoms with van der Waals surface area (Å²) in [5, 5.41) is 3.19. The van der Waals surface area contributed by atoms with Gasteiger partial charge >= 0.3 is 0 Å². The maximum absolute atomic E-state index is 14.9. The van der Waals surface area contributed by atoms with E-state index in [0.29, 0.717) is 34.1 Å². The Morgan fingerprint density at radius 1 is 0.708 bits per heavy atom. The quantitative estimate of drug-likeness (QED) is 0.119. The number of aromatic nitrogens is 2. The molecule has 3 aromatic carbocycles. The summed E-state index contributed by atoms with van der Waals surface area (Å²) in [5.41, 5.74) is 4.45. The predicted octanol–water partition coefficient (Wildman–Crippen LogP) is 10.7. The van der Waals surface area contributed by atoms with Gasteiger partial charge in [0.05, 0.1) is 39.8 Å². The number of pyridine rings is 2. The lowest BCUT2D eigenvalue weighted by Gasteiger charge is -2.14. The fourth-order valence-electron chi connectivity index (χ4n) is 7.55. The smallest absolute Gasteiger partial charge is 0.267 e. The number of hydrogen-bond acceptors (Lipinski definition) is 4. The molecule has 0 fully saturated rings. The summed E-state index contributed by atoms with van der Waals surface area (Å²) in [6.45, 7) is 5.16. The van der Waals surface area contributed by atoms with Crippen LogP contribution in [0.1, 0.15) is 58.8 Å². The molecular weight excluding hydrogens is 664 g/mol. The van der Waals surface area contributed by atoms with Crippen LogP contribution in [0.5, 0.6) is 5.75 Å². The van der Waals surface area contributed by atoms with Gasteiger partial charge in [-0.15, -0.1) is 0 Å². The van der Waals surface area contributed by atoms with Crippen LogP contribution in [0.25, 0.3) is 66.1 Å². The van der Waals surface area contributed by atoms with E-state index in [1.807, 2.05) is 72.8 Å². The zero-order valence-electron chi connectivity index (χ0n) is 27.2.